The lowest BCUT2D eigenvalue weighted by Crippen LogP contribution is -2.50. The molecule has 0 atom stereocenters. The van der Waals surface area contributed by atoms with E-state index in [4.69, 9.17) is 16.3 Å². The van der Waals surface area contributed by atoms with Gasteiger partial charge in [0.15, 0.2) is 0 Å². The zero-order valence-corrected chi connectivity index (χ0v) is 18.4. The van der Waals surface area contributed by atoms with Crippen molar-refractivity contribution in [3.8, 4) is 0 Å². The minimum Gasteiger partial charge on any atom is -0.445 e. The van der Waals surface area contributed by atoms with Gasteiger partial charge in [-0.1, -0.05) is 12.1 Å². The number of carbonyl (C=O) groups excluding carboxylic acids is 2. The van der Waals surface area contributed by atoms with Gasteiger partial charge >= 0.3 is 12.3 Å². The molecule has 2 aromatic carbocycles. The zero-order chi connectivity index (χ0) is 24.7. The molecule has 1 aliphatic heterocycles. The molecule has 1 heterocycles. The second-order valence-corrected chi connectivity index (χ2v) is 7.78. The molecule has 0 bridgehead atoms. The van der Waals surface area contributed by atoms with Gasteiger partial charge in [-0.2, -0.15) is 13.2 Å². The molecule has 12 heteroatoms. The first kappa shape index (κ1) is 25.1. The summed E-state index contributed by atoms with van der Waals surface area (Å²) in [5.74, 6) is 5.08. The van der Waals surface area contributed by atoms with Gasteiger partial charge in [0.05, 0.1) is 16.9 Å². The maximum atomic E-state index is 12.6. The zero-order valence-electron chi connectivity index (χ0n) is 18.4. The molecule has 9 nitrogen and oxygen atoms in total. The maximum Gasteiger partial charge on any atom is 0.416 e. The normalized spacial score (nSPS) is 14.5. The summed E-state index contributed by atoms with van der Waals surface area (Å²) < 4.78 is 43.1. The fourth-order valence-corrected chi connectivity index (χ4v) is 3.45. The highest BCUT2D eigenvalue weighted by Crippen LogP contribution is 2.29. The van der Waals surface area contributed by atoms with Gasteiger partial charge in [0, 0.05) is 44.8 Å². The minimum absolute atomic E-state index is 0.101. The fourth-order valence-electron chi connectivity index (χ4n) is 3.45. The number of nitrogens with two attached hydrogens (primary N) is 2. The number of benzene rings is 2. The fraction of sp³-hybridized carbons (Fsp3) is 0.364. The molecule has 2 aromatic rings. The van der Waals surface area contributed by atoms with Gasteiger partial charge in [0.1, 0.15) is 6.61 Å². The Balaban J connectivity index is 1.35. The van der Waals surface area contributed by atoms with Crippen molar-refractivity contribution in [3.63, 3.8) is 0 Å². The maximum absolute atomic E-state index is 12.6. The largest absolute Gasteiger partial charge is 0.445 e. The molecule has 0 aromatic heterocycles. The molecular weight excluding hydrogens is 453 g/mol. The molecule has 2 amide bonds. The van der Waals surface area contributed by atoms with Crippen molar-refractivity contribution in [1.29, 1.82) is 0 Å². The van der Waals surface area contributed by atoms with Crippen molar-refractivity contribution in [2.24, 2.45) is 5.84 Å². The smallest absolute Gasteiger partial charge is 0.416 e. The van der Waals surface area contributed by atoms with E-state index in [9.17, 15) is 22.8 Å². The van der Waals surface area contributed by atoms with Crippen LogP contribution in [0.3, 0.4) is 0 Å². The SMILES string of the molecule is NNc1ccc(C(=O)NCCN2CCN(C(=O)OCc3ccc(C(F)(F)F)cc3)CC2)cc1N. The third-order valence-electron chi connectivity index (χ3n) is 5.46. The number of piperazine rings is 1. The van der Waals surface area contributed by atoms with E-state index in [1.807, 2.05) is 0 Å². The van der Waals surface area contributed by atoms with Crippen LogP contribution in [0.25, 0.3) is 0 Å². The number of anilines is 2. The van der Waals surface area contributed by atoms with E-state index in [1.165, 1.54) is 12.1 Å². The van der Waals surface area contributed by atoms with Crippen molar-refractivity contribution in [2.45, 2.75) is 12.8 Å². The molecule has 1 saturated heterocycles. The summed E-state index contributed by atoms with van der Waals surface area (Å²) in [6.45, 7) is 3.04. The number of rotatable bonds is 7. The number of alkyl halides is 3. The van der Waals surface area contributed by atoms with E-state index in [0.29, 0.717) is 61.8 Å². The van der Waals surface area contributed by atoms with Gasteiger partial charge in [0.2, 0.25) is 0 Å². The average Bonchev–Trinajstić information content (AvgIpc) is 2.82. The molecule has 3 rings (SSSR count). The number of hydrogen-bond acceptors (Lipinski definition) is 7. The van der Waals surface area contributed by atoms with Gasteiger partial charge in [-0.3, -0.25) is 15.5 Å². The number of hydrogen-bond donors (Lipinski definition) is 4. The molecular formula is C22H27F3N6O3. The van der Waals surface area contributed by atoms with Gasteiger partial charge in [-0.25, -0.2) is 4.79 Å². The van der Waals surface area contributed by atoms with Crippen molar-refractivity contribution < 1.29 is 27.5 Å². The summed E-state index contributed by atoms with van der Waals surface area (Å²) in [7, 11) is 0. The Morgan fingerprint density at radius 3 is 2.29 bits per heavy atom. The molecule has 1 fully saturated rings. The number of nitrogen functional groups attached to an aromatic ring is 2. The minimum atomic E-state index is -4.40. The van der Waals surface area contributed by atoms with Crippen LogP contribution in [0, 0.1) is 0 Å². The number of hydrazine groups is 1. The first-order valence-electron chi connectivity index (χ1n) is 10.6. The molecule has 0 saturated carbocycles. The summed E-state index contributed by atoms with van der Waals surface area (Å²) in [5, 5.41) is 2.83. The topological polar surface area (TPSA) is 126 Å². The number of halogens is 3. The van der Waals surface area contributed by atoms with E-state index in [1.54, 1.807) is 23.1 Å². The van der Waals surface area contributed by atoms with Crippen LogP contribution in [-0.4, -0.2) is 61.1 Å². The predicted molar refractivity (Wildman–Crippen MR) is 121 cm³/mol. The van der Waals surface area contributed by atoms with Crippen LogP contribution in [0.5, 0.6) is 0 Å². The molecule has 6 N–H and O–H groups in total. The van der Waals surface area contributed by atoms with Crippen LogP contribution in [0.2, 0.25) is 0 Å². The first-order chi connectivity index (χ1) is 16.2. The summed E-state index contributed by atoms with van der Waals surface area (Å²) in [6, 6.07) is 9.29. The van der Waals surface area contributed by atoms with Gasteiger partial charge in [-0.05, 0) is 35.9 Å². The van der Waals surface area contributed by atoms with Crippen LogP contribution < -0.4 is 22.3 Å². The first-order valence-corrected chi connectivity index (χ1v) is 10.6. The Labute approximate surface area is 194 Å². The van der Waals surface area contributed by atoms with E-state index in [-0.39, 0.29) is 12.5 Å². The number of nitrogens with zero attached hydrogens (tertiary/aromatic N) is 2. The van der Waals surface area contributed by atoms with Crippen LogP contribution in [0.1, 0.15) is 21.5 Å². The third kappa shape index (κ3) is 6.75. The van der Waals surface area contributed by atoms with Crippen molar-refractivity contribution >= 4 is 23.4 Å². The molecule has 34 heavy (non-hydrogen) atoms. The Bertz CT molecular complexity index is 992. The van der Waals surface area contributed by atoms with E-state index in [2.05, 4.69) is 15.6 Å². The molecule has 184 valence electrons. The van der Waals surface area contributed by atoms with Gasteiger partial charge < -0.3 is 26.1 Å². The highest BCUT2D eigenvalue weighted by Gasteiger charge is 2.30. The quantitative estimate of drug-likeness (QED) is 0.272. The lowest BCUT2D eigenvalue weighted by Gasteiger charge is -2.34. The molecule has 0 radical (unpaired) electrons. The highest BCUT2D eigenvalue weighted by atomic mass is 19.4. The lowest BCUT2D eigenvalue weighted by molar-refractivity contribution is -0.137. The molecule has 0 spiro atoms. The second-order valence-electron chi connectivity index (χ2n) is 7.78. The number of amides is 2. The standard InChI is InChI=1S/C22H27F3N6O3/c23-22(24,25)17-4-1-15(2-5-17)14-34-21(33)31-11-9-30(10-12-31)8-7-28-20(32)16-3-6-19(29-27)18(26)13-16/h1-6,13,29H,7-12,14,26-27H2,(H,28,32). The van der Waals surface area contributed by atoms with Crippen LogP contribution in [0.4, 0.5) is 29.3 Å². The number of nitrogens with one attached hydrogen (secondary N) is 2. The van der Waals surface area contributed by atoms with E-state index in [0.717, 1.165) is 12.1 Å². The Morgan fingerprint density at radius 1 is 1.03 bits per heavy atom. The number of carbonyl (C=O) groups is 2. The van der Waals surface area contributed by atoms with Crippen molar-refractivity contribution in [2.75, 3.05) is 50.4 Å². The summed E-state index contributed by atoms with van der Waals surface area (Å²) in [4.78, 5) is 28.2. The monoisotopic (exact) mass is 480 g/mol. The van der Waals surface area contributed by atoms with Crippen molar-refractivity contribution in [1.82, 2.24) is 15.1 Å². The third-order valence-corrected chi connectivity index (χ3v) is 5.46. The van der Waals surface area contributed by atoms with Gasteiger partial charge in [0.25, 0.3) is 5.91 Å². The van der Waals surface area contributed by atoms with Crippen LogP contribution in [0.15, 0.2) is 42.5 Å². The summed E-state index contributed by atoms with van der Waals surface area (Å²) >= 11 is 0. The van der Waals surface area contributed by atoms with Gasteiger partial charge in [-0.15, -0.1) is 0 Å². The van der Waals surface area contributed by atoms with Crippen LogP contribution in [-0.2, 0) is 17.5 Å². The van der Waals surface area contributed by atoms with Crippen LogP contribution >= 0.6 is 0 Å². The van der Waals surface area contributed by atoms with E-state index < -0.39 is 17.8 Å². The van der Waals surface area contributed by atoms with Crippen molar-refractivity contribution in [3.05, 3.63) is 59.2 Å². The highest BCUT2D eigenvalue weighted by molar-refractivity contribution is 5.96. The molecule has 0 unspecified atom stereocenters. The Hall–Kier alpha value is -3.51. The molecule has 1 aliphatic rings. The predicted octanol–water partition coefficient (Wildman–Crippen LogP) is 2.26. The Kier molecular flexibility index (Phi) is 8.18. The summed E-state index contributed by atoms with van der Waals surface area (Å²) in [5.41, 5.74) is 9.32. The average molecular weight is 480 g/mol. The lowest BCUT2D eigenvalue weighted by atomic mass is 10.1. The van der Waals surface area contributed by atoms with E-state index >= 15 is 0 Å². The second kappa shape index (κ2) is 11.1. The summed E-state index contributed by atoms with van der Waals surface area (Å²) in [6.07, 6.45) is -4.92. The number of ether oxygens (including phenoxy) is 1. The Morgan fingerprint density at radius 2 is 1.71 bits per heavy atom. The molecule has 0 aliphatic carbocycles.